The summed E-state index contributed by atoms with van der Waals surface area (Å²) in [6, 6.07) is 13.9. The number of guanidine groups is 1. The maximum atomic E-state index is 6.04. The van der Waals surface area contributed by atoms with Gasteiger partial charge < -0.3 is 25.1 Å². The highest BCUT2D eigenvalue weighted by Gasteiger charge is 2.11. The minimum absolute atomic E-state index is 0.390. The summed E-state index contributed by atoms with van der Waals surface area (Å²) in [6.45, 7) is 4.85. The normalized spacial score (nSPS) is 14.1. The molecule has 2 aromatic carbocycles. The van der Waals surface area contributed by atoms with Gasteiger partial charge in [0.2, 0.25) is 0 Å². The third-order valence-electron chi connectivity index (χ3n) is 4.69. The molecule has 0 fully saturated rings. The van der Waals surface area contributed by atoms with E-state index >= 15 is 0 Å². The number of aromatic nitrogens is 2. The fraction of sp³-hybridized carbons (Fsp3) is 0.333. The standard InChI is InChI=1S/C21H25N5O2/c1-15-24-17-6-2-3-7-18(17)26(15)11-4-10-23-21(22)25-16-8-9-19-20(14-16)28-13-5-12-27-19/h2-3,6-9,14H,4-5,10-13H2,1H3,(H3,22,23,25). The molecule has 146 valence electrons. The van der Waals surface area contributed by atoms with E-state index in [1.165, 1.54) is 0 Å². The molecule has 0 bridgehead atoms. The van der Waals surface area contributed by atoms with E-state index < -0.39 is 0 Å². The topological polar surface area (TPSA) is 86.7 Å². The number of nitrogens with two attached hydrogens (primary N) is 1. The maximum Gasteiger partial charge on any atom is 0.193 e. The van der Waals surface area contributed by atoms with Crippen LogP contribution >= 0.6 is 0 Å². The summed E-state index contributed by atoms with van der Waals surface area (Å²) in [7, 11) is 0. The Balaban J connectivity index is 1.34. The number of benzene rings is 2. The van der Waals surface area contributed by atoms with Gasteiger partial charge in [-0.15, -0.1) is 0 Å². The van der Waals surface area contributed by atoms with Crippen molar-refractivity contribution in [1.29, 1.82) is 0 Å². The second-order valence-corrected chi connectivity index (χ2v) is 6.76. The van der Waals surface area contributed by atoms with E-state index in [9.17, 15) is 0 Å². The number of nitrogens with one attached hydrogen (secondary N) is 1. The summed E-state index contributed by atoms with van der Waals surface area (Å²) < 4.78 is 13.6. The number of para-hydroxylation sites is 2. The minimum atomic E-state index is 0.390. The van der Waals surface area contributed by atoms with Crippen LogP contribution in [0, 0.1) is 6.92 Å². The van der Waals surface area contributed by atoms with Crippen molar-refractivity contribution >= 4 is 22.7 Å². The van der Waals surface area contributed by atoms with Gasteiger partial charge in [0, 0.05) is 31.3 Å². The van der Waals surface area contributed by atoms with Crippen LogP contribution in [0.25, 0.3) is 11.0 Å². The Kier molecular flexibility index (Phi) is 5.32. The van der Waals surface area contributed by atoms with Crippen molar-refractivity contribution in [1.82, 2.24) is 9.55 Å². The first-order valence-electron chi connectivity index (χ1n) is 9.59. The van der Waals surface area contributed by atoms with Gasteiger partial charge in [-0.05, 0) is 37.6 Å². The number of ether oxygens (including phenoxy) is 2. The molecule has 0 amide bonds. The zero-order valence-electron chi connectivity index (χ0n) is 16.0. The molecule has 7 nitrogen and oxygen atoms in total. The second-order valence-electron chi connectivity index (χ2n) is 6.76. The molecule has 0 unspecified atom stereocenters. The monoisotopic (exact) mass is 379 g/mol. The summed E-state index contributed by atoms with van der Waals surface area (Å²) in [5, 5.41) is 3.12. The van der Waals surface area contributed by atoms with E-state index in [0.29, 0.717) is 25.7 Å². The van der Waals surface area contributed by atoms with Gasteiger partial charge in [-0.1, -0.05) is 12.1 Å². The van der Waals surface area contributed by atoms with Gasteiger partial charge in [0.05, 0.1) is 24.2 Å². The van der Waals surface area contributed by atoms with E-state index in [1.807, 2.05) is 43.3 Å². The van der Waals surface area contributed by atoms with Gasteiger partial charge in [0.1, 0.15) is 5.82 Å². The molecule has 0 saturated carbocycles. The van der Waals surface area contributed by atoms with Crippen LogP contribution in [0.5, 0.6) is 11.5 Å². The molecular formula is C21H25N5O2. The number of rotatable bonds is 5. The smallest absolute Gasteiger partial charge is 0.193 e. The van der Waals surface area contributed by atoms with Crippen LogP contribution < -0.4 is 20.5 Å². The zero-order chi connectivity index (χ0) is 19.3. The van der Waals surface area contributed by atoms with E-state index in [4.69, 9.17) is 15.2 Å². The summed E-state index contributed by atoms with van der Waals surface area (Å²) >= 11 is 0. The molecule has 3 N–H and O–H groups in total. The van der Waals surface area contributed by atoms with Crippen LogP contribution in [-0.4, -0.2) is 35.3 Å². The lowest BCUT2D eigenvalue weighted by Crippen LogP contribution is -2.23. The predicted molar refractivity (Wildman–Crippen MR) is 111 cm³/mol. The van der Waals surface area contributed by atoms with Crippen molar-refractivity contribution in [3.8, 4) is 11.5 Å². The van der Waals surface area contributed by atoms with Crippen molar-refractivity contribution < 1.29 is 9.47 Å². The number of imidazole rings is 1. The average Bonchev–Trinajstić information content (AvgIpc) is 2.85. The number of aryl methyl sites for hydroxylation is 2. The van der Waals surface area contributed by atoms with Crippen molar-refractivity contribution in [3.63, 3.8) is 0 Å². The largest absolute Gasteiger partial charge is 0.490 e. The summed E-state index contributed by atoms with van der Waals surface area (Å²) in [5.41, 5.74) is 9.06. The molecule has 2 heterocycles. The first kappa shape index (κ1) is 18.2. The number of hydrogen-bond acceptors (Lipinski definition) is 4. The highest BCUT2D eigenvalue weighted by molar-refractivity contribution is 5.92. The van der Waals surface area contributed by atoms with Crippen LogP contribution in [0.3, 0.4) is 0 Å². The Morgan fingerprint density at radius 1 is 1.18 bits per heavy atom. The third-order valence-corrected chi connectivity index (χ3v) is 4.69. The second kappa shape index (κ2) is 8.21. The number of nitrogens with zero attached hydrogens (tertiary/aromatic N) is 3. The Bertz CT molecular complexity index is 996. The van der Waals surface area contributed by atoms with Gasteiger partial charge >= 0.3 is 0 Å². The lowest BCUT2D eigenvalue weighted by molar-refractivity contribution is 0.297. The van der Waals surface area contributed by atoms with Gasteiger partial charge in [-0.2, -0.15) is 0 Å². The number of anilines is 1. The van der Waals surface area contributed by atoms with E-state index in [0.717, 1.165) is 53.4 Å². The Morgan fingerprint density at radius 2 is 2.00 bits per heavy atom. The first-order valence-corrected chi connectivity index (χ1v) is 9.59. The molecule has 28 heavy (non-hydrogen) atoms. The minimum Gasteiger partial charge on any atom is -0.490 e. The molecule has 3 aromatic rings. The number of hydrogen-bond donors (Lipinski definition) is 2. The molecule has 4 rings (SSSR count). The average molecular weight is 379 g/mol. The molecule has 1 aliphatic rings. The molecule has 7 heteroatoms. The third kappa shape index (κ3) is 4.03. The molecule has 0 radical (unpaired) electrons. The highest BCUT2D eigenvalue weighted by atomic mass is 16.5. The van der Waals surface area contributed by atoms with Gasteiger partial charge in [0.15, 0.2) is 17.5 Å². The van der Waals surface area contributed by atoms with Crippen molar-refractivity contribution in [3.05, 3.63) is 48.3 Å². The molecular weight excluding hydrogens is 354 g/mol. The molecule has 0 aliphatic carbocycles. The maximum absolute atomic E-state index is 6.04. The van der Waals surface area contributed by atoms with Crippen LogP contribution in [0.1, 0.15) is 18.7 Å². The molecule has 0 atom stereocenters. The number of aliphatic imine (C=N–C) groups is 1. The van der Waals surface area contributed by atoms with E-state index in [-0.39, 0.29) is 0 Å². The van der Waals surface area contributed by atoms with Crippen molar-refractivity contribution in [2.24, 2.45) is 10.7 Å². The molecule has 1 aromatic heterocycles. The summed E-state index contributed by atoms with van der Waals surface area (Å²) in [4.78, 5) is 9.03. The summed E-state index contributed by atoms with van der Waals surface area (Å²) in [5.74, 6) is 2.91. The zero-order valence-corrected chi connectivity index (χ0v) is 16.0. The SMILES string of the molecule is Cc1nc2ccccc2n1CCCN=C(N)Nc1ccc2c(c1)OCCCO2. The van der Waals surface area contributed by atoms with Gasteiger partial charge in [0.25, 0.3) is 0 Å². The van der Waals surface area contributed by atoms with E-state index in [2.05, 4.69) is 25.9 Å². The first-order chi connectivity index (χ1) is 13.7. The lowest BCUT2D eigenvalue weighted by atomic mass is 10.3. The molecule has 1 aliphatic heterocycles. The quantitative estimate of drug-likeness (QED) is 0.403. The molecule has 0 spiro atoms. The van der Waals surface area contributed by atoms with Crippen LogP contribution in [-0.2, 0) is 6.54 Å². The fourth-order valence-corrected chi connectivity index (χ4v) is 3.33. The Morgan fingerprint density at radius 3 is 2.89 bits per heavy atom. The molecule has 0 saturated heterocycles. The van der Waals surface area contributed by atoms with Crippen LogP contribution in [0.2, 0.25) is 0 Å². The van der Waals surface area contributed by atoms with Crippen molar-refractivity contribution in [2.75, 3.05) is 25.1 Å². The Labute approximate surface area is 164 Å². The predicted octanol–water partition coefficient (Wildman–Crippen LogP) is 3.32. The lowest BCUT2D eigenvalue weighted by Gasteiger charge is -2.11. The number of fused-ring (bicyclic) bond motifs is 2. The van der Waals surface area contributed by atoms with Crippen LogP contribution in [0.15, 0.2) is 47.5 Å². The highest BCUT2D eigenvalue weighted by Crippen LogP contribution is 2.32. The fourth-order valence-electron chi connectivity index (χ4n) is 3.33. The van der Waals surface area contributed by atoms with Crippen LogP contribution in [0.4, 0.5) is 5.69 Å². The van der Waals surface area contributed by atoms with Crippen molar-refractivity contribution in [2.45, 2.75) is 26.3 Å². The van der Waals surface area contributed by atoms with E-state index in [1.54, 1.807) is 0 Å². The summed E-state index contributed by atoms with van der Waals surface area (Å²) in [6.07, 6.45) is 1.76. The van der Waals surface area contributed by atoms with Gasteiger partial charge in [-0.3, -0.25) is 4.99 Å². The van der Waals surface area contributed by atoms with Gasteiger partial charge in [-0.25, -0.2) is 4.98 Å². The Hall–Kier alpha value is -3.22.